The summed E-state index contributed by atoms with van der Waals surface area (Å²) < 4.78 is 45.1. The third kappa shape index (κ3) is 3.13. The number of ether oxygens (including phenoxy) is 1. The van der Waals surface area contributed by atoms with Crippen LogP contribution in [-0.2, 0) is 4.79 Å². The lowest BCUT2D eigenvalue weighted by Gasteiger charge is -2.11. The summed E-state index contributed by atoms with van der Waals surface area (Å²) in [6, 6.07) is 12.1. The summed E-state index contributed by atoms with van der Waals surface area (Å²) >= 11 is 0. The molecule has 1 aliphatic rings. The second-order valence-corrected chi connectivity index (χ2v) is 5.35. The van der Waals surface area contributed by atoms with Crippen LogP contribution >= 0.6 is 0 Å². The summed E-state index contributed by atoms with van der Waals surface area (Å²) in [5.74, 6) is -1.23. The second kappa shape index (κ2) is 6.55. The normalized spacial score (nSPS) is 16.2. The van der Waals surface area contributed by atoms with E-state index in [9.17, 15) is 23.1 Å². The van der Waals surface area contributed by atoms with Crippen LogP contribution in [0.4, 0.5) is 18.9 Å². The van der Waals surface area contributed by atoms with Gasteiger partial charge in [0.1, 0.15) is 0 Å². The van der Waals surface area contributed by atoms with Crippen LogP contribution in [0.1, 0.15) is 5.56 Å². The molecule has 1 aliphatic heterocycles. The molecule has 134 valence electrons. The number of benzene rings is 2. The Labute approximate surface area is 146 Å². The number of alkyl halides is 3. The van der Waals surface area contributed by atoms with E-state index < -0.39 is 23.4 Å². The van der Waals surface area contributed by atoms with Gasteiger partial charge in [0.05, 0.1) is 18.4 Å². The fourth-order valence-corrected chi connectivity index (χ4v) is 2.47. The Morgan fingerprint density at radius 1 is 1.12 bits per heavy atom. The molecule has 0 spiro atoms. The van der Waals surface area contributed by atoms with Crippen molar-refractivity contribution in [3.63, 3.8) is 0 Å². The summed E-state index contributed by atoms with van der Waals surface area (Å²) in [7, 11) is 1.31. The van der Waals surface area contributed by atoms with E-state index in [1.165, 1.54) is 37.4 Å². The SMILES string of the molecule is COc1cccc(/C=C2\C(=O)N(c3ccccc3)N=C2C(F)(F)F)c1O. The van der Waals surface area contributed by atoms with Crippen molar-refractivity contribution in [1.29, 1.82) is 0 Å². The lowest BCUT2D eigenvalue weighted by Crippen LogP contribution is -2.25. The molecule has 0 bridgehead atoms. The number of hydrogen-bond acceptors (Lipinski definition) is 4. The number of methoxy groups -OCH3 is 1. The smallest absolute Gasteiger partial charge is 0.435 e. The number of aromatic hydroxyl groups is 1. The molecule has 3 rings (SSSR count). The highest BCUT2D eigenvalue weighted by Gasteiger charge is 2.46. The maximum Gasteiger partial charge on any atom is 0.435 e. The van der Waals surface area contributed by atoms with Gasteiger partial charge in [0.25, 0.3) is 5.91 Å². The molecule has 5 nitrogen and oxygen atoms in total. The van der Waals surface area contributed by atoms with Crippen molar-refractivity contribution < 1.29 is 27.8 Å². The molecule has 0 atom stereocenters. The maximum atomic E-state index is 13.4. The van der Waals surface area contributed by atoms with E-state index in [4.69, 9.17) is 4.74 Å². The first-order chi connectivity index (χ1) is 12.3. The Balaban J connectivity index is 2.11. The molecule has 0 radical (unpaired) electrons. The molecule has 2 aromatic rings. The summed E-state index contributed by atoms with van der Waals surface area (Å²) in [6.07, 6.45) is -3.88. The average molecular weight is 362 g/mol. The Morgan fingerprint density at radius 2 is 1.81 bits per heavy atom. The van der Waals surface area contributed by atoms with Gasteiger partial charge in [-0.15, -0.1) is 0 Å². The number of phenols is 1. The molecule has 0 saturated heterocycles. The zero-order valence-corrected chi connectivity index (χ0v) is 13.5. The Kier molecular flexibility index (Phi) is 4.41. The highest BCUT2D eigenvalue weighted by molar-refractivity contribution is 6.34. The molecular weight excluding hydrogens is 349 g/mol. The van der Waals surface area contributed by atoms with Gasteiger partial charge in [-0.1, -0.05) is 30.3 Å². The Morgan fingerprint density at radius 3 is 2.42 bits per heavy atom. The van der Waals surface area contributed by atoms with Crippen molar-refractivity contribution in [2.24, 2.45) is 5.10 Å². The number of phenolic OH excluding ortho intramolecular Hbond substituents is 1. The standard InChI is InChI=1S/C18H13F3N2O3/c1-26-14-9-5-6-11(15(14)24)10-13-16(18(19,20)21)22-23(17(13)25)12-7-3-2-4-8-12/h2-10,24H,1H3/b13-10-. The topological polar surface area (TPSA) is 62.1 Å². The van der Waals surface area contributed by atoms with E-state index in [0.29, 0.717) is 5.01 Å². The van der Waals surface area contributed by atoms with Crippen molar-refractivity contribution in [1.82, 2.24) is 0 Å². The van der Waals surface area contributed by atoms with E-state index in [1.54, 1.807) is 18.2 Å². The van der Waals surface area contributed by atoms with Crippen LogP contribution in [-0.4, -0.2) is 30.0 Å². The lowest BCUT2D eigenvalue weighted by molar-refractivity contribution is -0.114. The summed E-state index contributed by atoms with van der Waals surface area (Å²) in [6.45, 7) is 0. The van der Waals surface area contributed by atoms with Gasteiger partial charge in [-0.05, 0) is 24.3 Å². The summed E-state index contributed by atoms with van der Waals surface area (Å²) in [5, 5.41) is 14.2. The fourth-order valence-electron chi connectivity index (χ4n) is 2.47. The minimum absolute atomic E-state index is 0.0135. The minimum atomic E-state index is -4.83. The molecule has 0 unspecified atom stereocenters. The van der Waals surface area contributed by atoms with Crippen LogP contribution < -0.4 is 9.75 Å². The van der Waals surface area contributed by atoms with Gasteiger partial charge in [0.15, 0.2) is 17.2 Å². The molecule has 0 fully saturated rings. The fraction of sp³-hybridized carbons (Fsp3) is 0.111. The number of anilines is 1. The van der Waals surface area contributed by atoms with Gasteiger partial charge in [-0.3, -0.25) is 4.79 Å². The van der Waals surface area contributed by atoms with Crippen LogP contribution in [0.3, 0.4) is 0 Å². The molecule has 1 N–H and O–H groups in total. The minimum Gasteiger partial charge on any atom is -0.504 e. The highest BCUT2D eigenvalue weighted by Crippen LogP contribution is 2.35. The van der Waals surface area contributed by atoms with Crippen molar-refractivity contribution in [2.75, 3.05) is 12.1 Å². The van der Waals surface area contributed by atoms with Crippen LogP contribution in [0.5, 0.6) is 11.5 Å². The second-order valence-electron chi connectivity index (χ2n) is 5.35. The number of amides is 1. The summed E-state index contributed by atoms with van der Waals surface area (Å²) in [5.41, 5.74) is -1.77. The van der Waals surface area contributed by atoms with E-state index in [1.807, 2.05) is 0 Å². The molecule has 0 aromatic heterocycles. The van der Waals surface area contributed by atoms with E-state index in [0.717, 1.165) is 6.08 Å². The van der Waals surface area contributed by atoms with Gasteiger partial charge in [0.2, 0.25) is 0 Å². The van der Waals surface area contributed by atoms with Gasteiger partial charge < -0.3 is 9.84 Å². The van der Waals surface area contributed by atoms with E-state index in [2.05, 4.69) is 5.10 Å². The lowest BCUT2D eigenvalue weighted by atomic mass is 10.0. The first-order valence-electron chi connectivity index (χ1n) is 7.46. The number of hydrogen-bond donors (Lipinski definition) is 1. The third-order valence-electron chi connectivity index (χ3n) is 3.70. The molecule has 2 aromatic carbocycles. The first-order valence-corrected chi connectivity index (χ1v) is 7.46. The van der Waals surface area contributed by atoms with E-state index in [-0.39, 0.29) is 22.7 Å². The van der Waals surface area contributed by atoms with Crippen LogP contribution in [0, 0.1) is 0 Å². The number of carbonyl (C=O) groups excluding carboxylic acids is 1. The van der Waals surface area contributed by atoms with Crippen molar-refractivity contribution in [2.45, 2.75) is 6.18 Å². The number of hydrazone groups is 1. The first kappa shape index (κ1) is 17.5. The predicted octanol–water partition coefficient (Wildman–Crippen LogP) is 3.75. The average Bonchev–Trinajstić information content (AvgIpc) is 2.94. The highest BCUT2D eigenvalue weighted by atomic mass is 19.4. The quantitative estimate of drug-likeness (QED) is 0.846. The van der Waals surface area contributed by atoms with Crippen LogP contribution in [0.25, 0.3) is 6.08 Å². The molecule has 1 heterocycles. The Bertz CT molecular complexity index is 906. The third-order valence-corrected chi connectivity index (χ3v) is 3.70. The molecule has 0 saturated carbocycles. The molecule has 26 heavy (non-hydrogen) atoms. The number of nitrogens with zero attached hydrogens (tertiary/aromatic N) is 2. The zero-order chi connectivity index (χ0) is 18.9. The Hall–Kier alpha value is -3.29. The maximum absolute atomic E-state index is 13.4. The predicted molar refractivity (Wildman–Crippen MR) is 90.1 cm³/mol. The number of para-hydroxylation sites is 2. The molecule has 1 amide bonds. The van der Waals surface area contributed by atoms with Gasteiger partial charge in [-0.25, -0.2) is 0 Å². The summed E-state index contributed by atoms with van der Waals surface area (Å²) in [4.78, 5) is 12.6. The zero-order valence-electron chi connectivity index (χ0n) is 13.5. The number of carbonyl (C=O) groups is 1. The van der Waals surface area contributed by atoms with Crippen LogP contribution in [0.15, 0.2) is 59.2 Å². The van der Waals surface area contributed by atoms with Gasteiger partial charge >= 0.3 is 6.18 Å². The van der Waals surface area contributed by atoms with Crippen molar-refractivity contribution in [3.05, 3.63) is 59.7 Å². The molecule has 8 heteroatoms. The molecular formula is C18H13F3N2O3. The van der Waals surface area contributed by atoms with Crippen molar-refractivity contribution in [3.8, 4) is 11.5 Å². The van der Waals surface area contributed by atoms with E-state index >= 15 is 0 Å². The monoisotopic (exact) mass is 362 g/mol. The van der Waals surface area contributed by atoms with Crippen LogP contribution in [0.2, 0.25) is 0 Å². The largest absolute Gasteiger partial charge is 0.504 e. The van der Waals surface area contributed by atoms with Gasteiger partial charge in [0, 0.05) is 5.56 Å². The van der Waals surface area contributed by atoms with Crippen molar-refractivity contribution >= 4 is 23.4 Å². The molecule has 0 aliphatic carbocycles. The number of halogens is 3. The van der Waals surface area contributed by atoms with Gasteiger partial charge in [-0.2, -0.15) is 23.3 Å². The number of rotatable bonds is 3.